The fourth-order valence-corrected chi connectivity index (χ4v) is 3.87. The van der Waals surface area contributed by atoms with Crippen LogP contribution in [0.4, 0.5) is 0 Å². The van der Waals surface area contributed by atoms with Gasteiger partial charge >= 0.3 is 0 Å². The lowest BCUT2D eigenvalue weighted by Crippen LogP contribution is -2.50. The molecule has 2 aliphatic rings. The third-order valence-electron chi connectivity index (χ3n) is 3.81. The second-order valence-corrected chi connectivity index (χ2v) is 7.27. The summed E-state index contributed by atoms with van der Waals surface area (Å²) in [6.45, 7) is 3.04. The first-order valence-electron chi connectivity index (χ1n) is 7.04. The summed E-state index contributed by atoms with van der Waals surface area (Å²) < 4.78 is 31.7. The van der Waals surface area contributed by atoms with Gasteiger partial charge in [-0.1, -0.05) is 0 Å². The number of hydrogen-bond donors (Lipinski definition) is 2. The first-order valence-corrected chi connectivity index (χ1v) is 8.70. The smallest absolute Gasteiger partial charge is 0.211 e. The molecule has 2 unspecified atom stereocenters. The molecule has 0 amide bonds. The largest absolute Gasteiger partial charge is 0.396 e. The van der Waals surface area contributed by atoms with Crippen molar-refractivity contribution in [1.29, 1.82) is 0 Å². The zero-order valence-electron chi connectivity index (χ0n) is 11.3. The van der Waals surface area contributed by atoms with E-state index in [0.29, 0.717) is 25.4 Å². The highest BCUT2D eigenvalue weighted by molar-refractivity contribution is 7.89. The Hall–Kier alpha value is -0.210. The average molecular weight is 292 g/mol. The van der Waals surface area contributed by atoms with Gasteiger partial charge in [-0.05, 0) is 32.2 Å². The molecule has 0 aromatic heterocycles. The van der Waals surface area contributed by atoms with E-state index < -0.39 is 10.0 Å². The molecule has 0 spiro atoms. The number of ether oxygens (including phenoxy) is 1. The molecule has 2 aliphatic heterocycles. The molecule has 0 aromatic carbocycles. The van der Waals surface area contributed by atoms with Crippen molar-refractivity contribution in [3.8, 4) is 0 Å². The van der Waals surface area contributed by atoms with E-state index in [-0.39, 0.29) is 18.5 Å². The SMILES string of the molecule is O=S(=O)(CCCCO)NCC1CN2CCCC2CO1. The number of nitrogens with zero attached hydrogens (tertiary/aromatic N) is 1. The molecule has 19 heavy (non-hydrogen) atoms. The van der Waals surface area contributed by atoms with Crippen LogP contribution in [0, 0.1) is 0 Å². The van der Waals surface area contributed by atoms with E-state index in [1.54, 1.807) is 0 Å². The van der Waals surface area contributed by atoms with Crippen LogP contribution in [0.25, 0.3) is 0 Å². The summed E-state index contributed by atoms with van der Waals surface area (Å²) in [6, 6.07) is 0.539. The maximum Gasteiger partial charge on any atom is 0.211 e. The van der Waals surface area contributed by atoms with Gasteiger partial charge in [0.05, 0.1) is 18.5 Å². The van der Waals surface area contributed by atoms with E-state index >= 15 is 0 Å². The van der Waals surface area contributed by atoms with Crippen LogP contribution in [-0.2, 0) is 14.8 Å². The lowest BCUT2D eigenvalue weighted by Gasteiger charge is -2.35. The third-order valence-corrected chi connectivity index (χ3v) is 5.25. The van der Waals surface area contributed by atoms with Gasteiger partial charge in [-0.3, -0.25) is 4.90 Å². The fraction of sp³-hybridized carbons (Fsp3) is 1.00. The highest BCUT2D eigenvalue weighted by atomic mass is 32.2. The summed E-state index contributed by atoms with van der Waals surface area (Å²) in [5, 5.41) is 8.64. The number of aliphatic hydroxyl groups is 1. The van der Waals surface area contributed by atoms with Crippen molar-refractivity contribution in [2.45, 2.75) is 37.8 Å². The van der Waals surface area contributed by atoms with E-state index in [0.717, 1.165) is 19.7 Å². The molecule has 0 saturated carbocycles. The Bertz CT molecular complexity index is 374. The maximum atomic E-state index is 11.7. The molecule has 2 saturated heterocycles. The number of morpholine rings is 1. The molecule has 6 nitrogen and oxygen atoms in total. The van der Waals surface area contributed by atoms with Gasteiger partial charge in [-0.2, -0.15) is 0 Å². The summed E-state index contributed by atoms with van der Waals surface area (Å²) in [5.41, 5.74) is 0. The molecular weight excluding hydrogens is 268 g/mol. The van der Waals surface area contributed by atoms with Crippen LogP contribution >= 0.6 is 0 Å². The molecule has 0 aromatic rings. The third kappa shape index (κ3) is 4.68. The van der Waals surface area contributed by atoms with Crippen molar-refractivity contribution in [3.05, 3.63) is 0 Å². The van der Waals surface area contributed by atoms with Crippen LogP contribution < -0.4 is 4.72 Å². The zero-order valence-corrected chi connectivity index (χ0v) is 12.1. The number of aliphatic hydroxyl groups excluding tert-OH is 1. The van der Waals surface area contributed by atoms with Crippen molar-refractivity contribution < 1.29 is 18.3 Å². The van der Waals surface area contributed by atoms with E-state index in [1.165, 1.54) is 12.8 Å². The fourth-order valence-electron chi connectivity index (χ4n) is 2.71. The number of sulfonamides is 1. The zero-order chi connectivity index (χ0) is 13.7. The Morgan fingerprint density at radius 3 is 3.00 bits per heavy atom. The van der Waals surface area contributed by atoms with Crippen LogP contribution in [0.1, 0.15) is 25.7 Å². The number of fused-ring (bicyclic) bond motifs is 1. The van der Waals surface area contributed by atoms with Gasteiger partial charge in [-0.15, -0.1) is 0 Å². The second-order valence-electron chi connectivity index (χ2n) is 5.34. The van der Waals surface area contributed by atoms with Crippen molar-refractivity contribution in [2.24, 2.45) is 0 Å². The second kappa shape index (κ2) is 6.99. The Balaban J connectivity index is 1.70. The Morgan fingerprint density at radius 2 is 2.21 bits per heavy atom. The molecule has 0 aliphatic carbocycles. The quantitative estimate of drug-likeness (QED) is 0.621. The molecule has 0 radical (unpaired) electrons. The lowest BCUT2D eigenvalue weighted by molar-refractivity contribution is -0.0449. The number of hydrogen-bond acceptors (Lipinski definition) is 5. The summed E-state index contributed by atoms with van der Waals surface area (Å²) in [4.78, 5) is 2.40. The first-order chi connectivity index (χ1) is 9.11. The maximum absolute atomic E-state index is 11.7. The first kappa shape index (κ1) is 15.2. The molecule has 7 heteroatoms. The van der Waals surface area contributed by atoms with Gasteiger partial charge in [-0.25, -0.2) is 13.1 Å². The highest BCUT2D eigenvalue weighted by Crippen LogP contribution is 2.22. The topological polar surface area (TPSA) is 78.9 Å². The standard InChI is InChI=1S/C12H24N2O4S/c15-6-1-2-7-19(16,17)13-8-12-9-14-5-3-4-11(14)10-18-12/h11-13,15H,1-10H2. The Kier molecular flexibility index (Phi) is 5.58. The summed E-state index contributed by atoms with van der Waals surface area (Å²) in [5.74, 6) is 0.0760. The minimum atomic E-state index is -3.23. The van der Waals surface area contributed by atoms with Crippen LogP contribution in [0.5, 0.6) is 0 Å². The van der Waals surface area contributed by atoms with Crippen LogP contribution in [-0.4, -0.2) is 69.2 Å². The van der Waals surface area contributed by atoms with Crippen LogP contribution in [0.3, 0.4) is 0 Å². The van der Waals surface area contributed by atoms with Gasteiger partial charge in [0.1, 0.15) is 0 Å². The number of nitrogens with one attached hydrogen (secondary N) is 1. The number of unbranched alkanes of at least 4 members (excludes halogenated alkanes) is 1. The van der Waals surface area contributed by atoms with Crippen molar-refractivity contribution in [2.75, 3.05) is 38.6 Å². The van der Waals surface area contributed by atoms with Gasteiger partial charge < -0.3 is 9.84 Å². The minimum Gasteiger partial charge on any atom is -0.396 e. The van der Waals surface area contributed by atoms with Crippen molar-refractivity contribution >= 4 is 10.0 Å². The predicted molar refractivity (Wildman–Crippen MR) is 72.4 cm³/mol. The Labute approximate surface area is 115 Å². The monoisotopic (exact) mass is 292 g/mol. The molecular formula is C12H24N2O4S. The molecule has 2 atom stereocenters. The molecule has 2 rings (SSSR count). The normalized spacial score (nSPS) is 28.5. The van der Waals surface area contributed by atoms with Crippen LogP contribution in [0.2, 0.25) is 0 Å². The van der Waals surface area contributed by atoms with Gasteiger partial charge in [0.15, 0.2) is 0 Å². The molecule has 0 bridgehead atoms. The molecule has 112 valence electrons. The summed E-state index contributed by atoms with van der Waals surface area (Å²) in [7, 11) is -3.23. The van der Waals surface area contributed by atoms with E-state index in [1.807, 2.05) is 0 Å². The highest BCUT2D eigenvalue weighted by Gasteiger charge is 2.32. The molecule has 2 heterocycles. The number of rotatable bonds is 7. The summed E-state index contributed by atoms with van der Waals surface area (Å²) in [6.07, 6.45) is 3.39. The summed E-state index contributed by atoms with van der Waals surface area (Å²) >= 11 is 0. The van der Waals surface area contributed by atoms with Crippen molar-refractivity contribution in [3.63, 3.8) is 0 Å². The lowest BCUT2D eigenvalue weighted by atomic mass is 10.2. The molecule has 2 fully saturated rings. The van der Waals surface area contributed by atoms with E-state index in [4.69, 9.17) is 9.84 Å². The van der Waals surface area contributed by atoms with Crippen LogP contribution in [0.15, 0.2) is 0 Å². The predicted octanol–water partition coefficient (Wildman–Crippen LogP) is -0.458. The van der Waals surface area contributed by atoms with E-state index in [2.05, 4.69) is 9.62 Å². The van der Waals surface area contributed by atoms with Crippen molar-refractivity contribution in [1.82, 2.24) is 9.62 Å². The van der Waals surface area contributed by atoms with Gasteiger partial charge in [0.2, 0.25) is 10.0 Å². The van der Waals surface area contributed by atoms with Gasteiger partial charge in [0.25, 0.3) is 0 Å². The Morgan fingerprint density at radius 1 is 1.37 bits per heavy atom. The molecule has 2 N–H and O–H groups in total. The average Bonchev–Trinajstić information content (AvgIpc) is 2.84. The minimum absolute atomic E-state index is 0.0393. The van der Waals surface area contributed by atoms with Gasteiger partial charge in [0, 0.05) is 25.7 Å². The van der Waals surface area contributed by atoms with E-state index in [9.17, 15) is 8.42 Å².